The zero-order chi connectivity index (χ0) is 18.7. The minimum atomic E-state index is -0.419. The van der Waals surface area contributed by atoms with Crippen LogP contribution in [0.1, 0.15) is 18.2 Å². The Balaban J connectivity index is 1.73. The van der Waals surface area contributed by atoms with Crippen molar-refractivity contribution in [1.29, 1.82) is 5.26 Å². The highest BCUT2D eigenvalue weighted by Gasteiger charge is 2.19. The van der Waals surface area contributed by atoms with Crippen molar-refractivity contribution in [2.45, 2.75) is 24.1 Å². The van der Waals surface area contributed by atoms with Gasteiger partial charge in [-0.25, -0.2) is 9.97 Å². The Labute approximate surface area is 159 Å². The molecule has 8 heteroatoms. The van der Waals surface area contributed by atoms with E-state index in [4.69, 9.17) is 4.74 Å². The van der Waals surface area contributed by atoms with Gasteiger partial charge in [0, 0.05) is 5.69 Å². The van der Waals surface area contributed by atoms with Gasteiger partial charge in [0.2, 0.25) is 5.91 Å². The minimum Gasteiger partial charge on any atom is -0.497 e. The van der Waals surface area contributed by atoms with Gasteiger partial charge in [0.25, 0.3) is 0 Å². The normalized spacial score (nSPS) is 11.8. The fourth-order valence-corrected chi connectivity index (χ4v) is 4.06. The van der Waals surface area contributed by atoms with Crippen LogP contribution in [0, 0.1) is 18.3 Å². The lowest BCUT2D eigenvalue weighted by molar-refractivity contribution is -0.115. The number of benzene rings is 1. The van der Waals surface area contributed by atoms with Gasteiger partial charge in [-0.05, 0) is 44.2 Å². The molecule has 1 aromatic carbocycles. The van der Waals surface area contributed by atoms with Gasteiger partial charge in [0.15, 0.2) is 5.13 Å². The Morgan fingerprint density at radius 2 is 2.15 bits per heavy atom. The van der Waals surface area contributed by atoms with Gasteiger partial charge in [-0.2, -0.15) is 5.26 Å². The maximum absolute atomic E-state index is 12.5. The molecule has 1 unspecified atom stereocenters. The minimum absolute atomic E-state index is 0.187. The smallest absolute Gasteiger partial charge is 0.239 e. The molecule has 3 aromatic rings. The van der Waals surface area contributed by atoms with Crippen LogP contribution < -0.4 is 10.1 Å². The molecule has 1 N–H and O–H groups in total. The predicted octanol–water partition coefficient (Wildman–Crippen LogP) is 4.00. The van der Waals surface area contributed by atoms with E-state index in [1.54, 1.807) is 26.2 Å². The van der Waals surface area contributed by atoms with Crippen molar-refractivity contribution in [3.63, 3.8) is 0 Å². The van der Waals surface area contributed by atoms with Crippen molar-refractivity contribution in [2.75, 3.05) is 12.4 Å². The summed E-state index contributed by atoms with van der Waals surface area (Å²) in [5.41, 5.74) is 2.07. The monoisotopic (exact) mass is 384 g/mol. The molecule has 0 saturated heterocycles. The Kier molecular flexibility index (Phi) is 5.40. The number of aromatic nitrogens is 2. The van der Waals surface area contributed by atoms with Crippen LogP contribution in [-0.4, -0.2) is 28.2 Å². The van der Waals surface area contributed by atoms with Crippen LogP contribution in [0.2, 0.25) is 0 Å². The molecule has 26 heavy (non-hydrogen) atoms. The van der Waals surface area contributed by atoms with Gasteiger partial charge < -0.3 is 10.1 Å². The standard InChI is InChI=1S/C18H16N4O2S2/c1-10-4-5-12(9-19)17(20-10)25-11(2)16(23)22-18-21-14-7-6-13(24-3)8-15(14)26-18/h4-8,11H,1-3H3,(H,21,22,23). The number of thioether (sulfide) groups is 1. The van der Waals surface area contributed by atoms with Gasteiger partial charge in [-0.1, -0.05) is 23.1 Å². The lowest BCUT2D eigenvalue weighted by Crippen LogP contribution is -2.22. The van der Waals surface area contributed by atoms with Crippen molar-refractivity contribution >= 4 is 44.4 Å². The van der Waals surface area contributed by atoms with Gasteiger partial charge in [-0.3, -0.25) is 4.79 Å². The number of fused-ring (bicyclic) bond motifs is 1. The summed E-state index contributed by atoms with van der Waals surface area (Å²) < 4.78 is 6.14. The van der Waals surface area contributed by atoms with E-state index in [9.17, 15) is 10.1 Å². The number of hydrogen-bond donors (Lipinski definition) is 1. The van der Waals surface area contributed by atoms with E-state index >= 15 is 0 Å². The molecule has 3 rings (SSSR count). The fourth-order valence-electron chi connectivity index (χ4n) is 2.22. The zero-order valence-electron chi connectivity index (χ0n) is 14.4. The predicted molar refractivity (Wildman–Crippen MR) is 104 cm³/mol. The third-order valence-corrected chi connectivity index (χ3v) is 5.64. The summed E-state index contributed by atoms with van der Waals surface area (Å²) in [4.78, 5) is 21.3. The highest BCUT2D eigenvalue weighted by atomic mass is 32.2. The van der Waals surface area contributed by atoms with Gasteiger partial charge in [0.1, 0.15) is 16.8 Å². The van der Waals surface area contributed by atoms with E-state index in [1.807, 2.05) is 25.1 Å². The van der Waals surface area contributed by atoms with E-state index in [2.05, 4.69) is 21.4 Å². The maximum atomic E-state index is 12.5. The number of nitriles is 1. The molecule has 0 radical (unpaired) electrons. The first-order valence-corrected chi connectivity index (χ1v) is 9.49. The number of nitrogens with zero attached hydrogens (tertiary/aromatic N) is 3. The molecule has 2 heterocycles. The molecule has 2 aromatic heterocycles. The molecule has 0 aliphatic rings. The summed E-state index contributed by atoms with van der Waals surface area (Å²) >= 11 is 2.65. The molecule has 1 amide bonds. The molecular formula is C18H16N4O2S2. The van der Waals surface area contributed by atoms with Crippen LogP contribution in [0.4, 0.5) is 5.13 Å². The number of aryl methyl sites for hydroxylation is 1. The summed E-state index contributed by atoms with van der Waals surface area (Å²) in [6.45, 7) is 3.63. The zero-order valence-corrected chi connectivity index (χ0v) is 16.1. The number of rotatable bonds is 5. The van der Waals surface area contributed by atoms with Crippen LogP contribution >= 0.6 is 23.1 Å². The number of hydrogen-bond acceptors (Lipinski definition) is 7. The SMILES string of the molecule is COc1ccc2nc(NC(=O)C(C)Sc3nc(C)ccc3C#N)sc2c1. The van der Waals surface area contributed by atoms with E-state index in [-0.39, 0.29) is 5.91 Å². The van der Waals surface area contributed by atoms with Gasteiger partial charge >= 0.3 is 0 Å². The lowest BCUT2D eigenvalue weighted by Gasteiger charge is -2.11. The van der Waals surface area contributed by atoms with E-state index in [0.717, 1.165) is 21.7 Å². The number of anilines is 1. The molecule has 132 valence electrons. The molecule has 0 aliphatic carbocycles. The van der Waals surface area contributed by atoms with Gasteiger partial charge in [-0.15, -0.1) is 0 Å². The average Bonchev–Trinajstić information content (AvgIpc) is 3.03. The summed E-state index contributed by atoms with van der Waals surface area (Å²) in [6.07, 6.45) is 0. The van der Waals surface area contributed by atoms with Crippen molar-refractivity contribution in [1.82, 2.24) is 9.97 Å². The molecule has 1 atom stereocenters. The quantitative estimate of drug-likeness (QED) is 0.669. The lowest BCUT2D eigenvalue weighted by atomic mass is 10.3. The number of carbonyl (C=O) groups excluding carboxylic acids is 1. The molecule has 0 fully saturated rings. The fraction of sp³-hybridized carbons (Fsp3) is 0.222. The molecule has 6 nitrogen and oxygen atoms in total. The second-order valence-electron chi connectivity index (χ2n) is 5.52. The number of nitrogens with one attached hydrogen (secondary N) is 1. The van der Waals surface area contributed by atoms with Crippen molar-refractivity contribution in [3.8, 4) is 11.8 Å². The first kappa shape index (κ1) is 18.2. The van der Waals surface area contributed by atoms with Crippen molar-refractivity contribution in [2.24, 2.45) is 0 Å². The summed E-state index contributed by atoms with van der Waals surface area (Å²) in [5.74, 6) is 0.561. The van der Waals surface area contributed by atoms with Crippen molar-refractivity contribution in [3.05, 3.63) is 41.6 Å². The number of ether oxygens (including phenoxy) is 1. The van der Waals surface area contributed by atoms with Crippen LogP contribution in [-0.2, 0) is 4.79 Å². The first-order valence-electron chi connectivity index (χ1n) is 7.80. The highest BCUT2D eigenvalue weighted by Crippen LogP contribution is 2.30. The van der Waals surface area contributed by atoms with Crippen LogP contribution in [0.25, 0.3) is 10.2 Å². The Morgan fingerprint density at radius 1 is 1.35 bits per heavy atom. The summed E-state index contributed by atoms with van der Waals surface area (Å²) in [5, 5.41) is 12.7. The van der Waals surface area contributed by atoms with Crippen LogP contribution in [0.3, 0.4) is 0 Å². The summed E-state index contributed by atoms with van der Waals surface area (Å²) in [7, 11) is 1.61. The third-order valence-electron chi connectivity index (χ3n) is 3.60. The molecule has 0 aliphatic heterocycles. The second kappa shape index (κ2) is 7.72. The third kappa shape index (κ3) is 3.95. The van der Waals surface area contributed by atoms with E-state index < -0.39 is 5.25 Å². The molecule has 0 spiro atoms. The van der Waals surface area contributed by atoms with Gasteiger partial charge in [0.05, 0.1) is 28.1 Å². The highest BCUT2D eigenvalue weighted by molar-refractivity contribution is 8.00. The molecule has 0 bridgehead atoms. The topological polar surface area (TPSA) is 87.9 Å². The maximum Gasteiger partial charge on any atom is 0.239 e. The van der Waals surface area contributed by atoms with Crippen molar-refractivity contribution < 1.29 is 9.53 Å². The molecule has 0 saturated carbocycles. The Morgan fingerprint density at radius 3 is 2.88 bits per heavy atom. The van der Waals surface area contributed by atoms with E-state index in [0.29, 0.717) is 15.7 Å². The van der Waals surface area contributed by atoms with Crippen LogP contribution in [0.5, 0.6) is 5.75 Å². The molecular weight excluding hydrogens is 368 g/mol. The average molecular weight is 384 g/mol. The second-order valence-corrected chi connectivity index (χ2v) is 7.88. The largest absolute Gasteiger partial charge is 0.497 e. The Bertz CT molecular complexity index is 1010. The number of methoxy groups -OCH3 is 1. The first-order chi connectivity index (χ1) is 12.5. The number of amides is 1. The van der Waals surface area contributed by atoms with E-state index in [1.165, 1.54) is 23.1 Å². The summed E-state index contributed by atoms with van der Waals surface area (Å²) in [6, 6.07) is 11.2. The Hall–Kier alpha value is -2.63. The number of carbonyl (C=O) groups is 1. The number of thiazole rings is 1. The number of pyridine rings is 1. The van der Waals surface area contributed by atoms with Crippen LogP contribution in [0.15, 0.2) is 35.4 Å².